The van der Waals surface area contributed by atoms with Gasteiger partial charge in [-0.1, -0.05) is 30.3 Å². The standard InChI is InChI=1S/C17H15F2NO5/c18-17(19)25-13-8-6-12(7-9-13)20-14(21)10-24-16(23)15(22)11-4-2-1-3-5-11/h1-9,15,17,22H,10H2,(H,20,21)/t15-/m0/s1. The number of halogens is 2. The highest BCUT2D eigenvalue weighted by atomic mass is 19.3. The molecule has 0 fully saturated rings. The highest BCUT2D eigenvalue weighted by Crippen LogP contribution is 2.18. The molecule has 0 radical (unpaired) electrons. The maximum absolute atomic E-state index is 12.0. The van der Waals surface area contributed by atoms with E-state index < -0.39 is 31.2 Å². The number of anilines is 1. The van der Waals surface area contributed by atoms with E-state index >= 15 is 0 Å². The summed E-state index contributed by atoms with van der Waals surface area (Å²) in [5.41, 5.74) is 0.661. The van der Waals surface area contributed by atoms with Crippen molar-refractivity contribution < 1.29 is 33.0 Å². The zero-order valence-electron chi connectivity index (χ0n) is 12.9. The molecule has 0 heterocycles. The van der Waals surface area contributed by atoms with E-state index in [1.807, 2.05) is 0 Å². The van der Waals surface area contributed by atoms with E-state index in [0.717, 1.165) is 0 Å². The van der Waals surface area contributed by atoms with Crippen LogP contribution in [-0.2, 0) is 14.3 Å². The summed E-state index contributed by atoms with van der Waals surface area (Å²) < 4.78 is 33.0. The fourth-order valence-electron chi connectivity index (χ4n) is 1.90. The third-order valence-electron chi connectivity index (χ3n) is 3.05. The zero-order chi connectivity index (χ0) is 18.2. The minimum Gasteiger partial charge on any atom is -0.453 e. The Morgan fingerprint density at radius 1 is 1.04 bits per heavy atom. The van der Waals surface area contributed by atoms with Crippen molar-refractivity contribution in [2.24, 2.45) is 0 Å². The summed E-state index contributed by atoms with van der Waals surface area (Å²) in [7, 11) is 0. The maximum Gasteiger partial charge on any atom is 0.387 e. The number of nitrogens with one attached hydrogen (secondary N) is 1. The van der Waals surface area contributed by atoms with Crippen LogP contribution in [0.15, 0.2) is 54.6 Å². The van der Waals surface area contributed by atoms with Gasteiger partial charge in [-0.15, -0.1) is 0 Å². The molecule has 0 aliphatic heterocycles. The summed E-state index contributed by atoms with van der Waals surface area (Å²) in [5.74, 6) is -1.65. The molecule has 0 aromatic heterocycles. The van der Waals surface area contributed by atoms with Crippen LogP contribution < -0.4 is 10.1 Å². The number of carbonyl (C=O) groups excluding carboxylic acids is 2. The Hall–Kier alpha value is -3.00. The first kappa shape index (κ1) is 18.3. The summed E-state index contributed by atoms with van der Waals surface area (Å²) in [6.45, 7) is -3.53. The Balaban J connectivity index is 1.81. The number of ether oxygens (including phenoxy) is 2. The molecule has 0 spiro atoms. The van der Waals surface area contributed by atoms with Crippen molar-refractivity contribution >= 4 is 17.6 Å². The van der Waals surface area contributed by atoms with Gasteiger partial charge in [0, 0.05) is 5.69 Å². The maximum atomic E-state index is 12.0. The van der Waals surface area contributed by atoms with Crippen LogP contribution in [-0.4, -0.2) is 30.2 Å². The van der Waals surface area contributed by atoms with Gasteiger partial charge in [0.25, 0.3) is 5.91 Å². The van der Waals surface area contributed by atoms with Crippen molar-refractivity contribution in [2.45, 2.75) is 12.7 Å². The molecular weight excluding hydrogens is 336 g/mol. The van der Waals surface area contributed by atoms with Crippen LogP contribution in [0.2, 0.25) is 0 Å². The summed E-state index contributed by atoms with van der Waals surface area (Å²) in [6, 6.07) is 13.4. The Labute approximate surface area is 142 Å². The van der Waals surface area contributed by atoms with Crippen LogP contribution >= 0.6 is 0 Å². The number of carbonyl (C=O) groups is 2. The smallest absolute Gasteiger partial charge is 0.387 e. The zero-order valence-corrected chi connectivity index (χ0v) is 12.9. The summed E-state index contributed by atoms with van der Waals surface area (Å²) in [6.07, 6.45) is -1.49. The molecule has 2 aromatic rings. The fourth-order valence-corrected chi connectivity index (χ4v) is 1.90. The van der Waals surface area contributed by atoms with E-state index in [4.69, 9.17) is 4.74 Å². The van der Waals surface area contributed by atoms with Gasteiger partial charge in [-0.25, -0.2) is 4.79 Å². The number of hydrogen-bond acceptors (Lipinski definition) is 5. The lowest BCUT2D eigenvalue weighted by Crippen LogP contribution is -2.23. The molecule has 1 atom stereocenters. The van der Waals surface area contributed by atoms with Crippen molar-refractivity contribution in [1.82, 2.24) is 0 Å². The normalized spacial score (nSPS) is 11.7. The second-order valence-corrected chi connectivity index (χ2v) is 4.87. The lowest BCUT2D eigenvalue weighted by atomic mass is 10.1. The van der Waals surface area contributed by atoms with Crippen LogP contribution in [0.25, 0.3) is 0 Å². The molecule has 0 saturated heterocycles. The van der Waals surface area contributed by atoms with Gasteiger partial charge in [0.05, 0.1) is 0 Å². The van der Waals surface area contributed by atoms with Gasteiger partial charge in [0.15, 0.2) is 12.7 Å². The number of hydrogen-bond donors (Lipinski definition) is 2. The van der Waals surface area contributed by atoms with E-state index in [0.29, 0.717) is 11.3 Å². The van der Waals surface area contributed by atoms with Crippen LogP contribution in [0.1, 0.15) is 11.7 Å². The molecule has 2 aromatic carbocycles. The lowest BCUT2D eigenvalue weighted by molar-refractivity contribution is -0.156. The number of esters is 1. The van der Waals surface area contributed by atoms with Crippen molar-refractivity contribution in [3.63, 3.8) is 0 Å². The minimum absolute atomic E-state index is 0.0505. The number of amides is 1. The van der Waals surface area contributed by atoms with E-state index in [2.05, 4.69) is 10.1 Å². The van der Waals surface area contributed by atoms with Gasteiger partial charge in [-0.3, -0.25) is 4.79 Å². The average Bonchev–Trinajstić information content (AvgIpc) is 2.61. The SMILES string of the molecule is O=C(COC(=O)[C@@H](O)c1ccccc1)Nc1ccc(OC(F)F)cc1. The molecule has 0 unspecified atom stereocenters. The topological polar surface area (TPSA) is 84.9 Å². The van der Waals surface area contributed by atoms with Crippen molar-refractivity contribution in [3.05, 3.63) is 60.2 Å². The van der Waals surface area contributed by atoms with Crippen LogP contribution in [0.5, 0.6) is 5.75 Å². The molecule has 1 amide bonds. The molecule has 132 valence electrons. The molecule has 0 bridgehead atoms. The van der Waals surface area contributed by atoms with Gasteiger partial charge in [-0.2, -0.15) is 8.78 Å². The summed E-state index contributed by atoms with van der Waals surface area (Å²) >= 11 is 0. The number of alkyl halides is 2. The molecule has 8 heteroatoms. The van der Waals surface area contributed by atoms with E-state index in [1.54, 1.807) is 30.3 Å². The molecule has 0 aliphatic carbocycles. The van der Waals surface area contributed by atoms with Crippen LogP contribution in [0, 0.1) is 0 Å². The van der Waals surface area contributed by atoms with Gasteiger partial charge < -0.3 is 19.9 Å². The van der Waals surface area contributed by atoms with Crippen molar-refractivity contribution in [2.75, 3.05) is 11.9 Å². The fraction of sp³-hybridized carbons (Fsp3) is 0.176. The Morgan fingerprint density at radius 3 is 2.28 bits per heavy atom. The predicted octanol–water partition coefficient (Wildman–Crippen LogP) is 2.50. The Bertz CT molecular complexity index is 707. The second kappa shape index (κ2) is 8.74. The highest BCUT2D eigenvalue weighted by Gasteiger charge is 2.19. The molecule has 0 aliphatic rings. The summed E-state index contributed by atoms with van der Waals surface area (Å²) in [4.78, 5) is 23.4. The molecule has 25 heavy (non-hydrogen) atoms. The Morgan fingerprint density at radius 2 is 1.68 bits per heavy atom. The quantitative estimate of drug-likeness (QED) is 0.749. The first-order valence-electron chi connectivity index (χ1n) is 7.20. The van der Waals surface area contributed by atoms with Gasteiger partial charge in [0.1, 0.15) is 5.75 Å². The van der Waals surface area contributed by atoms with Gasteiger partial charge in [-0.05, 0) is 29.8 Å². The van der Waals surface area contributed by atoms with Crippen LogP contribution in [0.3, 0.4) is 0 Å². The third kappa shape index (κ3) is 5.85. The number of aliphatic hydroxyl groups excluding tert-OH is 1. The monoisotopic (exact) mass is 351 g/mol. The first-order valence-corrected chi connectivity index (χ1v) is 7.20. The first-order chi connectivity index (χ1) is 12.0. The Kier molecular flexibility index (Phi) is 6.41. The number of benzene rings is 2. The van der Waals surface area contributed by atoms with E-state index in [1.165, 1.54) is 24.3 Å². The van der Waals surface area contributed by atoms with E-state index in [-0.39, 0.29) is 5.75 Å². The van der Waals surface area contributed by atoms with Crippen molar-refractivity contribution in [1.29, 1.82) is 0 Å². The van der Waals surface area contributed by atoms with Gasteiger partial charge in [0.2, 0.25) is 0 Å². The second-order valence-electron chi connectivity index (χ2n) is 4.87. The van der Waals surface area contributed by atoms with Crippen LogP contribution in [0.4, 0.5) is 14.5 Å². The highest BCUT2D eigenvalue weighted by molar-refractivity contribution is 5.93. The third-order valence-corrected chi connectivity index (χ3v) is 3.05. The molecule has 2 N–H and O–H groups in total. The summed E-state index contributed by atoms with van der Waals surface area (Å²) in [5, 5.41) is 12.2. The molecule has 6 nitrogen and oxygen atoms in total. The average molecular weight is 351 g/mol. The molecule has 0 saturated carbocycles. The number of rotatable bonds is 7. The van der Waals surface area contributed by atoms with Gasteiger partial charge >= 0.3 is 12.6 Å². The molecular formula is C17H15F2NO5. The molecule has 2 rings (SSSR count). The predicted molar refractivity (Wildman–Crippen MR) is 84.1 cm³/mol. The number of aliphatic hydroxyl groups is 1. The van der Waals surface area contributed by atoms with E-state index in [9.17, 15) is 23.5 Å². The largest absolute Gasteiger partial charge is 0.453 e. The minimum atomic E-state index is -2.93. The lowest BCUT2D eigenvalue weighted by Gasteiger charge is -2.11. The van der Waals surface area contributed by atoms with Crippen molar-refractivity contribution in [3.8, 4) is 5.75 Å².